The summed E-state index contributed by atoms with van der Waals surface area (Å²) < 4.78 is 11.7. The average molecular weight is 180 g/mol. The maximum absolute atomic E-state index is 5.96. The van der Waals surface area contributed by atoms with E-state index < -0.39 is 0 Å². The fourth-order valence-electron chi connectivity index (χ4n) is 4.01. The summed E-state index contributed by atoms with van der Waals surface area (Å²) in [6, 6.07) is 0. The molecule has 13 heavy (non-hydrogen) atoms. The van der Waals surface area contributed by atoms with E-state index in [1.807, 2.05) is 0 Å². The number of fused-ring (bicyclic) bond motifs is 5. The minimum absolute atomic E-state index is 0.110. The van der Waals surface area contributed by atoms with Gasteiger partial charge in [-0.2, -0.15) is 0 Å². The van der Waals surface area contributed by atoms with Crippen molar-refractivity contribution in [1.29, 1.82) is 0 Å². The smallest absolute Gasteiger partial charge is 0.127 e. The standard InChI is InChI=1S/C11H16O2/c1-10(2)9(13-10)11-7-4-3-6(5-7)8(11)12-11/h6-9H,3-5H2,1-2H3. The first kappa shape index (κ1) is 7.24. The Morgan fingerprint density at radius 1 is 1.15 bits per heavy atom. The van der Waals surface area contributed by atoms with Crippen molar-refractivity contribution in [3.8, 4) is 0 Å². The fraction of sp³-hybridized carbons (Fsp3) is 1.00. The third-order valence-electron chi connectivity index (χ3n) is 4.66. The van der Waals surface area contributed by atoms with Gasteiger partial charge >= 0.3 is 0 Å². The van der Waals surface area contributed by atoms with Crippen LogP contribution < -0.4 is 0 Å². The molecule has 0 N–H and O–H groups in total. The summed E-state index contributed by atoms with van der Waals surface area (Å²) in [4.78, 5) is 0. The molecular formula is C11H16O2. The Hall–Kier alpha value is -0.0800. The van der Waals surface area contributed by atoms with Crippen LogP contribution in [0.15, 0.2) is 0 Å². The maximum atomic E-state index is 5.96. The Bertz CT molecular complexity index is 286. The number of hydrogen-bond donors (Lipinski definition) is 0. The Morgan fingerprint density at radius 2 is 1.92 bits per heavy atom. The van der Waals surface area contributed by atoms with E-state index in [9.17, 15) is 0 Å². The summed E-state index contributed by atoms with van der Waals surface area (Å²) in [5.74, 6) is 1.71. The van der Waals surface area contributed by atoms with E-state index in [2.05, 4.69) is 13.8 Å². The molecule has 0 radical (unpaired) electrons. The molecule has 0 aromatic heterocycles. The number of epoxide rings is 2. The van der Waals surface area contributed by atoms with Crippen molar-refractivity contribution in [2.24, 2.45) is 11.8 Å². The zero-order valence-corrected chi connectivity index (χ0v) is 8.25. The van der Waals surface area contributed by atoms with E-state index in [0.717, 1.165) is 11.8 Å². The first-order chi connectivity index (χ1) is 6.14. The molecule has 0 amide bonds. The molecule has 2 saturated heterocycles. The van der Waals surface area contributed by atoms with E-state index in [4.69, 9.17) is 9.47 Å². The Kier molecular flexibility index (Phi) is 0.947. The quantitative estimate of drug-likeness (QED) is 0.574. The molecule has 2 saturated carbocycles. The second kappa shape index (κ2) is 1.70. The molecule has 0 aromatic rings. The average Bonchev–Trinajstić information content (AvgIpc) is 2.87. The van der Waals surface area contributed by atoms with Crippen LogP contribution in [0.3, 0.4) is 0 Å². The van der Waals surface area contributed by atoms with E-state index in [1.54, 1.807) is 0 Å². The molecule has 2 nitrogen and oxygen atoms in total. The van der Waals surface area contributed by atoms with Crippen LogP contribution in [-0.4, -0.2) is 23.4 Å². The van der Waals surface area contributed by atoms with E-state index in [0.29, 0.717) is 12.2 Å². The molecule has 2 aliphatic carbocycles. The number of rotatable bonds is 1. The summed E-state index contributed by atoms with van der Waals surface area (Å²) >= 11 is 0. The zero-order chi connectivity index (χ0) is 8.84. The second-order valence-corrected chi connectivity index (χ2v) is 5.76. The summed E-state index contributed by atoms with van der Waals surface area (Å²) in [6.45, 7) is 4.38. The molecule has 5 atom stereocenters. The van der Waals surface area contributed by atoms with Crippen LogP contribution in [0, 0.1) is 11.8 Å². The molecule has 2 heterocycles. The van der Waals surface area contributed by atoms with E-state index >= 15 is 0 Å². The maximum Gasteiger partial charge on any atom is 0.127 e. The predicted octanol–water partition coefficient (Wildman–Crippen LogP) is 1.73. The molecule has 2 bridgehead atoms. The highest BCUT2D eigenvalue weighted by molar-refractivity contribution is 5.28. The molecule has 72 valence electrons. The summed E-state index contributed by atoms with van der Waals surface area (Å²) in [7, 11) is 0. The van der Waals surface area contributed by atoms with Crippen LogP contribution in [0.5, 0.6) is 0 Å². The highest BCUT2D eigenvalue weighted by Gasteiger charge is 2.81. The predicted molar refractivity (Wildman–Crippen MR) is 47.4 cm³/mol. The third kappa shape index (κ3) is 0.637. The van der Waals surface area contributed by atoms with Gasteiger partial charge in [-0.05, 0) is 44.9 Å². The van der Waals surface area contributed by atoms with Crippen LogP contribution in [0.1, 0.15) is 33.1 Å². The molecule has 4 fully saturated rings. The van der Waals surface area contributed by atoms with Crippen LogP contribution in [0.4, 0.5) is 0 Å². The van der Waals surface area contributed by atoms with Gasteiger partial charge in [0.25, 0.3) is 0 Å². The molecule has 2 heteroatoms. The summed E-state index contributed by atoms with van der Waals surface area (Å²) in [5.41, 5.74) is 0.311. The van der Waals surface area contributed by atoms with Gasteiger partial charge in [-0.15, -0.1) is 0 Å². The molecule has 0 aromatic carbocycles. The highest BCUT2D eigenvalue weighted by Crippen LogP contribution is 2.70. The summed E-state index contributed by atoms with van der Waals surface area (Å²) in [5, 5.41) is 0. The van der Waals surface area contributed by atoms with Gasteiger partial charge in [0.15, 0.2) is 0 Å². The number of hydrogen-bond acceptors (Lipinski definition) is 2. The first-order valence-corrected chi connectivity index (χ1v) is 5.50. The van der Waals surface area contributed by atoms with Gasteiger partial charge in [0.05, 0.1) is 11.7 Å². The van der Waals surface area contributed by atoms with E-state index in [1.165, 1.54) is 19.3 Å². The lowest BCUT2D eigenvalue weighted by Crippen LogP contribution is -2.33. The third-order valence-corrected chi connectivity index (χ3v) is 4.66. The van der Waals surface area contributed by atoms with E-state index in [-0.39, 0.29) is 11.2 Å². The van der Waals surface area contributed by atoms with Gasteiger partial charge < -0.3 is 9.47 Å². The largest absolute Gasteiger partial charge is 0.363 e. The van der Waals surface area contributed by atoms with Crippen LogP contribution in [-0.2, 0) is 9.47 Å². The fourth-order valence-corrected chi connectivity index (χ4v) is 4.01. The number of ether oxygens (including phenoxy) is 2. The molecule has 5 unspecified atom stereocenters. The molecule has 4 rings (SSSR count). The van der Waals surface area contributed by atoms with Gasteiger partial charge in [-0.25, -0.2) is 0 Å². The lowest BCUT2D eigenvalue weighted by molar-refractivity contribution is 0.158. The SMILES string of the molecule is CC1(C)OC1C12OC1C1CCC2C1. The lowest BCUT2D eigenvalue weighted by Gasteiger charge is -2.16. The highest BCUT2D eigenvalue weighted by atomic mass is 16.7. The van der Waals surface area contributed by atoms with Crippen LogP contribution in [0.25, 0.3) is 0 Å². The zero-order valence-electron chi connectivity index (χ0n) is 8.25. The topological polar surface area (TPSA) is 25.1 Å². The lowest BCUT2D eigenvalue weighted by atomic mass is 9.82. The van der Waals surface area contributed by atoms with Crippen molar-refractivity contribution < 1.29 is 9.47 Å². The van der Waals surface area contributed by atoms with Crippen molar-refractivity contribution in [2.45, 2.75) is 56.5 Å². The van der Waals surface area contributed by atoms with Crippen molar-refractivity contribution >= 4 is 0 Å². The molecule has 4 aliphatic rings. The van der Waals surface area contributed by atoms with Crippen molar-refractivity contribution in [1.82, 2.24) is 0 Å². The molecular weight excluding hydrogens is 164 g/mol. The van der Waals surface area contributed by atoms with Crippen LogP contribution >= 0.6 is 0 Å². The van der Waals surface area contributed by atoms with Crippen molar-refractivity contribution in [3.63, 3.8) is 0 Å². The normalized spacial score (nSPS) is 65.1. The minimum atomic E-state index is 0.110. The Balaban J connectivity index is 1.69. The Morgan fingerprint density at radius 3 is 2.46 bits per heavy atom. The van der Waals surface area contributed by atoms with Crippen LogP contribution in [0.2, 0.25) is 0 Å². The minimum Gasteiger partial charge on any atom is -0.363 e. The molecule has 0 spiro atoms. The summed E-state index contributed by atoms with van der Waals surface area (Å²) in [6.07, 6.45) is 5.21. The van der Waals surface area contributed by atoms with Crippen molar-refractivity contribution in [3.05, 3.63) is 0 Å². The van der Waals surface area contributed by atoms with Crippen molar-refractivity contribution in [2.75, 3.05) is 0 Å². The van der Waals surface area contributed by atoms with Gasteiger partial charge in [-0.3, -0.25) is 0 Å². The molecule has 2 aliphatic heterocycles. The van der Waals surface area contributed by atoms with Gasteiger partial charge in [0.1, 0.15) is 11.7 Å². The first-order valence-electron chi connectivity index (χ1n) is 5.50. The second-order valence-electron chi connectivity index (χ2n) is 5.76. The van der Waals surface area contributed by atoms with Gasteiger partial charge in [0.2, 0.25) is 0 Å². The monoisotopic (exact) mass is 180 g/mol. The Labute approximate surface area is 78.6 Å². The van der Waals surface area contributed by atoms with Gasteiger partial charge in [-0.1, -0.05) is 0 Å². The van der Waals surface area contributed by atoms with Gasteiger partial charge in [0, 0.05) is 0 Å².